The van der Waals surface area contributed by atoms with E-state index in [4.69, 9.17) is 0 Å². The van der Waals surface area contributed by atoms with Gasteiger partial charge in [-0.3, -0.25) is 4.79 Å². The molecule has 0 saturated heterocycles. The maximum atomic E-state index is 13.5. The number of rotatable bonds is 10. The number of hydrogen-bond donors (Lipinski definition) is 2. The van der Waals surface area contributed by atoms with Gasteiger partial charge < -0.3 is 10.4 Å². The first kappa shape index (κ1) is 27.7. The predicted molar refractivity (Wildman–Crippen MR) is 133 cm³/mol. The number of amides is 1. The molecule has 1 aromatic rings. The molecule has 4 heteroatoms. The average molecular weight is 442 g/mol. The van der Waals surface area contributed by atoms with E-state index in [1.54, 1.807) is 13.0 Å². The molecule has 0 radical (unpaired) electrons. The first-order chi connectivity index (χ1) is 14.7. The van der Waals surface area contributed by atoms with Crippen LogP contribution in [0.4, 0.5) is 0 Å². The quantitative estimate of drug-likeness (QED) is 0.327. The van der Waals surface area contributed by atoms with Crippen molar-refractivity contribution in [1.82, 2.24) is 5.32 Å². The molecule has 0 aliphatic rings. The topological polar surface area (TPSA) is 66.4 Å². The Balaban J connectivity index is 3.18. The summed E-state index contributed by atoms with van der Waals surface area (Å²) in [5, 5.41) is 12.5. The third kappa shape index (κ3) is 7.65. The van der Waals surface area contributed by atoms with Crippen LogP contribution in [0.2, 0.25) is 0 Å². The minimum atomic E-state index is -0.904. The van der Waals surface area contributed by atoms with E-state index in [-0.39, 0.29) is 40.5 Å². The zero-order valence-electron chi connectivity index (χ0n) is 21.4. The first-order valence-corrected chi connectivity index (χ1v) is 11.7. The maximum Gasteiger partial charge on any atom is 0.330 e. The summed E-state index contributed by atoms with van der Waals surface area (Å²) in [6.07, 6.45) is 6.61. The third-order valence-corrected chi connectivity index (χ3v) is 6.42. The monoisotopic (exact) mass is 441 g/mol. The summed E-state index contributed by atoms with van der Waals surface area (Å²) in [5.74, 6) is -0.797. The van der Waals surface area contributed by atoms with Crippen molar-refractivity contribution >= 4 is 11.9 Å². The van der Waals surface area contributed by atoms with Crippen molar-refractivity contribution in [3.8, 4) is 0 Å². The van der Waals surface area contributed by atoms with Gasteiger partial charge >= 0.3 is 5.97 Å². The minimum absolute atomic E-state index is 0.0180. The summed E-state index contributed by atoms with van der Waals surface area (Å²) >= 11 is 0. The molecule has 0 unspecified atom stereocenters. The molecule has 0 aliphatic heterocycles. The Morgan fingerprint density at radius 1 is 1.03 bits per heavy atom. The largest absolute Gasteiger partial charge is 0.478 e. The second-order valence-corrected chi connectivity index (χ2v) is 10.8. The molecule has 32 heavy (non-hydrogen) atoms. The van der Waals surface area contributed by atoms with Crippen molar-refractivity contribution in [3.63, 3.8) is 0 Å². The fourth-order valence-corrected chi connectivity index (χ4v) is 3.97. The highest BCUT2D eigenvalue weighted by Gasteiger charge is 2.37. The number of carboxylic acids is 1. The molecule has 0 fully saturated rings. The van der Waals surface area contributed by atoms with E-state index in [9.17, 15) is 14.7 Å². The number of aliphatic carboxylic acids is 1. The molecule has 0 bridgehead atoms. The Bertz CT molecular complexity index is 813. The summed E-state index contributed by atoms with van der Waals surface area (Å²) in [4.78, 5) is 24.7. The van der Waals surface area contributed by atoms with Crippen molar-refractivity contribution in [1.29, 1.82) is 0 Å². The van der Waals surface area contributed by atoms with E-state index >= 15 is 0 Å². The standard InChI is InChI=1S/C28H43NO3/c1-10-23(28(8,9)22-14-12-11-13-15-22)25(30)29-24(27(5,6)7)17-16-21(19(2)3)18-20(4)26(31)32/h11-19,21,23-24H,10H2,1-9H3,(H,29,30)(H,31,32)/b17-16+,20-18+/t21-,23-,24-/m1/s1. The van der Waals surface area contributed by atoms with Crippen molar-refractivity contribution in [2.45, 2.75) is 80.2 Å². The van der Waals surface area contributed by atoms with E-state index in [0.717, 1.165) is 12.0 Å². The zero-order chi connectivity index (χ0) is 24.7. The second kappa shape index (κ2) is 11.5. The molecule has 3 atom stereocenters. The van der Waals surface area contributed by atoms with Crippen LogP contribution in [0.25, 0.3) is 0 Å². The van der Waals surface area contributed by atoms with Gasteiger partial charge in [-0.2, -0.15) is 0 Å². The summed E-state index contributed by atoms with van der Waals surface area (Å²) in [6, 6.07) is 10.0. The van der Waals surface area contributed by atoms with Crippen LogP contribution in [0.15, 0.2) is 54.1 Å². The van der Waals surface area contributed by atoms with E-state index < -0.39 is 5.97 Å². The molecule has 2 N–H and O–H groups in total. The van der Waals surface area contributed by atoms with E-state index in [2.05, 4.69) is 72.8 Å². The van der Waals surface area contributed by atoms with Gasteiger partial charge in [0.15, 0.2) is 0 Å². The van der Waals surface area contributed by atoms with E-state index in [1.807, 2.05) is 30.4 Å². The van der Waals surface area contributed by atoms with Crippen LogP contribution in [-0.2, 0) is 15.0 Å². The number of carbonyl (C=O) groups is 2. The lowest BCUT2D eigenvalue weighted by Gasteiger charge is -2.36. The molecule has 0 aromatic heterocycles. The molecule has 1 aromatic carbocycles. The number of carboxylic acid groups (broad SMARTS) is 1. The van der Waals surface area contributed by atoms with E-state index in [1.165, 1.54) is 0 Å². The van der Waals surface area contributed by atoms with Gasteiger partial charge in [0.25, 0.3) is 0 Å². The van der Waals surface area contributed by atoms with Gasteiger partial charge in [-0.25, -0.2) is 4.79 Å². The molecule has 1 amide bonds. The van der Waals surface area contributed by atoms with Crippen molar-refractivity contribution < 1.29 is 14.7 Å². The summed E-state index contributed by atoms with van der Waals surface area (Å²) in [5.41, 5.74) is 1.00. The van der Waals surface area contributed by atoms with Crippen LogP contribution in [0.5, 0.6) is 0 Å². The summed E-state index contributed by atoms with van der Waals surface area (Å²) in [7, 11) is 0. The average Bonchev–Trinajstić information content (AvgIpc) is 2.69. The van der Waals surface area contributed by atoms with Gasteiger partial charge in [-0.05, 0) is 36.2 Å². The Morgan fingerprint density at radius 3 is 2.03 bits per heavy atom. The van der Waals surface area contributed by atoms with Gasteiger partial charge in [0.1, 0.15) is 0 Å². The Morgan fingerprint density at radius 2 is 1.59 bits per heavy atom. The third-order valence-electron chi connectivity index (χ3n) is 6.42. The zero-order valence-corrected chi connectivity index (χ0v) is 21.4. The van der Waals surface area contributed by atoms with Crippen molar-refractivity contribution in [2.75, 3.05) is 0 Å². The van der Waals surface area contributed by atoms with Gasteiger partial charge in [0.05, 0.1) is 6.04 Å². The summed E-state index contributed by atoms with van der Waals surface area (Å²) < 4.78 is 0. The predicted octanol–water partition coefficient (Wildman–Crippen LogP) is 6.38. The minimum Gasteiger partial charge on any atom is -0.478 e. The molecule has 0 heterocycles. The van der Waals surface area contributed by atoms with Crippen LogP contribution in [0.3, 0.4) is 0 Å². The maximum absolute atomic E-state index is 13.5. The van der Waals surface area contributed by atoms with E-state index in [0.29, 0.717) is 5.57 Å². The Hall–Kier alpha value is -2.36. The van der Waals surface area contributed by atoms with Gasteiger partial charge in [0, 0.05) is 16.9 Å². The Kier molecular flexibility index (Phi) is 9.94. The number of benzene rings is 1. The second-order valence-electron chi connectivity index (χ2n) is 10.8. The van der Waals surface area contributed by atoms with Crippen molar-refractivity contribution in [2.24, 2.45) is 23.2 Å². The lowest BCUT2D eigenvalue weighted by atomic mass is 9.71. The highest BCUT2D eigenvalue weighted by Crippen LogP contribution is 2.34. The molecule has 1 rings (SSSR count). The SMILES string of the molecule is CC[C@H](C(=O)N[C@H](/C=C/[C@H](/C=C(\C)C(=O)O)C(C)C)C(C)(C)C)C(C)(C)c1ccccc1. The summed E-state index contributed by atoms with van der Waals surface area (Å²) in [6.45, 7) is 18.4. The molecule has 0 saturated carbocycles. The van der Waals surface area contributed by atoms with Crippen molar-refractivity contribution in [3.05, 3.63) is 59.7 Å². The number of allylic oxidation sites excluding steroid dienone is 2. The van der Waals surface area contributed by atoms with Gasteiger partial charge in [0.2, 0.25) is 5.91 Å². The highest BCUT2D eigenvalue weighted by molar-refractivity contribution is 5.85. The molecule has 4 nitrogen and oxygen atoms in total. The molecule has 0 spiro atoms. The highest BCUT2D eigenvalue weighted by atomic mass is 16.4. The number of hydrogen-bond acceptors (Lipinski definition) is 2. The lowest BCUT2D eigenvalue weighted by molar-refractivity contribution is -0.132. The van der Waals surface area contributed by atoms with Crippen LogP contribution >= 0.6 is 0 Å². The molecule has 0 aliphatic carbocycles. The smallest absolute Gasteiger partial charge is 0.330 e. The normalized spacial score (nSPS) is 16.1. The Labute approximate surface area is 195 Å². The fraction of sp³-hybridized carbons (Fsp3) is 0.571. The van der Waals surface area contributed by atoms with Gasteiger partial charge in [-0.1, -0.05) is 104 Å². The van der Waals surface area contributed by atoms with Crippen LogP contribution in [0.1, 0.15) is 74.3 Å². The van der Waals surface area contributed by atoms with Crippen LogP contribution in [-0.4, -0.2) is 23.0 Å². The molecular weight excluding hydrogens is 398 g/mol. The molecular formula is C28H43NO3. The molecule has 178 valence electrons. The van der Waals surface area contributed by atoms with Crippen LogP contribution in [0, 0.1) is 23.2 Å². The fourth-order valence-electron chi connectivity index (χ4n) is 3.97. The lowest BCUT2D eigenvalue weighted by Crippen LogP contribution is -2.48. The number of nitrogens with one attached hydrogen (secondary N) is 1. The number of carbonyl (C=O) groups excluding carboxylic acids is 1. The van der Waals surface area contributed by atoms with Crippen LogP contribution < -0.4 is 5.32 Å². The van der Waals surface area contributed by atoms with Gasteiger partial charge in [-0.15, -0.1) is 0 Å². The first-order valence-electron chi connectivity index (χ1n) is 11.7.